The molecule has 94 valence electrons. The first-order valence-electron chi connectivity index (χ1n) is 4.92. The first-order valence-corrected chi connectivity index (χ1v) is 6.18. The van der Waals surface area contributed by atoms with Gasteiger partial charge in [-0.1, -0.05) is 22.9 Å². The van der Waals surface area contributed by atoms with Crippen LogP contribution in [0.15, 0.2) is 22.3 Å². The number of anilines is 1. The Labute approximate surface area is 111 Å². The Bertz CT molecular complexity index is 617. The zero-order valence-corrected chi connectivity index (χ0v) is 10.6. The monoisotopic (exact) mass is 284 g/mol. The van der Waals surface area contributed by atoms with Crippen LogP contribution in [0, 0.1) is 0 Å². The number of nitrogen functional groups attached to an aromatic ring is 1. The van der Waals surface area contributed by atoms with Crippen LogP contribution in [-0.2, 0) is 6.54 Å². The lowest BCUT2D eigenvalue weighted by molar-refractivity contribution is 0.0950. The molecule has 4 N–H and O–H groups in total. The quantitative estimate of drug-likeness (QED) is 0.732. The summed E-state index contributed by atoms with van der Waals surface area (Å²) in [6, 6.07) is 2.85. The van der Waals surface area contributed by atoms with Crippen LogP contribution in [0.2, 0.25) is 5.15 Å². The molecule has 0 saturated heterocycles. The molecule has 2 aromatic rings. The van der Waals surface area contributed by atoms with Crippen molar-refractivity contribution in [1.82, 2.24) is 15.3 Å². The van der Waals surface area contributed by atoms with Gasteiger partial charge in [-0.15, -0.1) is 0 Å². The van der Waals surface area contributed by atoms with E-state index in [1.54, 1.807) is 5.38 Å². The van der Waals surface area contributed by atoms with Crippen LogP contribution in [-0.4, -0.2) is 15.9 Å². The molecular formula is C10H9ClN4O2S. The van der Waals surface area contributed by atoms with E-state index in [0.29, 0.717) is 11.3 Å². The third-order valence-corrected chi connectivity index (χ3v) is 3.00. The zero-order chi connectivity index (χ0) is 13.1. The fourth-order valence-corrected chi connectivity index (χ4v) is 2.12. The highest BCUT2D eigenvalue weighted by Crippen LogP contribution is 2.12. The normalized spacial score (nSPS) is 10.3. The fourth-order valence-electron chi connectivity index (χ4n) is 1.33. The van der Waals surface area contributed by atoms with Gasteiger partial charge in [-0.25, -0.2) is 4.98 Å². The highest BCUT2D eigenvalue weighted by Gasteiger charge is 2.08. The number of aromatic amines is 1. The standard InChI is InChI=1S/C10H9ClN4O2S/c11-7-1-5(2-8(12)15-7)9(16)13-3-6-4-18-10(17)14-6/h1-2,4H,3H2,(H2,12,15)(H,13,16)(H,14,17). The maximum absolute atomic E-state index is 11.8. The van der Waals surface area contributed by atoms with Crippen molar-refractivity contribution in [1.29, 1.82) is 0 Å². The molecule has 0 radical (unpaired) electrons. The Hall–Kier alpha value is -1.86. The Kier molecular flexibility index (Phi) is 3.63. The average Bonchev–Trinajstić information content (AvgIpc) is 2.70. The topological polar surface area (TPSA) is 101 Å². The summed E-state index contributed by atoms with van der Waals surface area (Å²) in [7, 11) is 0. The van der Waals surface area contributed by atoms with Gasteiger partial charge in [0.2, 0.25) is 0 Å². The average molecular weight is 285 g/mol. The number of nitrogens with two attached hydrogens (primary N) is 1. The minimum Gasteiger partial charge on any atom is -0.384 e. The second kappa shape index (κ2) is 5.19. The van der Waals surface area contributed by atoms with E-state index in [9.17, 15) is 9.59 Å². The van der Waals surface area contributed by atoms with Gasteiger partial charge in [-0.05, 0) is 12.1 Å². The Balaban J connectivity index is 2.05. The minimum absolute atomic E-state index is 0.157. The number of nitrogens with one attached hydrogen (secondary N) is 2. The van der Waals surface area contributed by atoms with Gasteiger partial charge in [0.15, 0.2) is 0 Å². The summed E-state index contributed by atoms with van der Waals surface area (Å²) in [6.45, 7) is 0.234. The van der Waals surface area contributed by atoms with Gasteiger partial charge in [0.1, 0.15) is 11.0 Å². The summed E-state index contributed by atoms with van der Waals surface area (Å²) in [5.74, 6) is -0.158. The number of aromatic nitrogens is 2. The van der Waals surface area contributed by atoms with Crippen molar-refractivity contribution < 1.29 is 4.79 Å². The molecule has 0 saturated carbocycles. The van der Waals surface area contributed by atoms with E-state index in [-0.39, 0.29) is 28.3 Å². The van der Waals surface area contributed by atoms with Crippen LogP contribution < -0.4 is 15.9 Å². The zero-order valence-electron chi connectivity index (χ0n) is 9.07. The number of pyridine rings is 1. The number of hydrogen-bond acceptors (Lipinski definition) is 5. The predicted molar refractivity (Wildman–Crippen MR) is 69.8 cm³/mol. The summed E-state index contributed by atoms with van der Waals surface area (Å²) >= 11 is 6.74. The summed E-state index contributed by atoms with van der Waals surface area (Å²) in [4.78, 5) is 28.9. The van der Waals surface area contributed by atoms with E-state index < -0.39 is 0 Å². The van der Waals surface area contributed by atoms with E-state index in [1.165, 1.54) is 12.1 Å². The third-order valence-electron chi connectivity index (χ3n) is 2.09. The molecule has 2 rings (SSSR count). The van der Waals surface area contributed by atoms with Crippen molar-refractivity contribution in [3.8, 4) is 0 Å². The molecule has 8 heteroatoms. The summed E-state index contributed by atoms with van der Waals surface area (Å²) in [6.07, 6.45) is 0. The van der Waals surface area contributed by atoms with Crippen molar-refractivity contribution in [2.24, 2.45) is 0 Å². The molecule has 0 bridgehead atoms. The van der Waals surface area contributed by atoms with Crippen LogP contribution in [0.4, 0.5) is 5.82 Å². The lowest BCUT2D eigenvalue weighted by Crippen LogP contribution is -2.23. The first kappa shape index (κ1) is 12.6. The number of H-pyrrole nitrogens is 1. The number of thiazole rings is 1. The number of carbonyl (C=O) groups is 1. The second-order valence-electron chi connectivity index (χ2n) is 3.46. The molecule has 0 aliphatic carbocycles. The predicted octanol–water partition coefficient (Wildman–Crippen LogP) is 0.997. The summed E-state index contributed by atoms with van der Waals surface area (Å²) in [5, 5.41) is 4.44. The highest BCUT2D eigenvalue weighted by atomic mass is 35.5. The molecule has 0 aromatic carbocycles. The number of halogens is 1. The SMILES string of the molecule is Nc1cc(C(=O)NCc2csc(=O)[nH]2)cc(Cl)n1. The molecule has 2 heterocycles. The Morgan fingerprint density at radius 3 is 2.94 bits per heavy atom. The molecule has 0 aliphatic heterocycles. The van der Waals surface area contributed by atoms with Crippen molar-refractivity contribution in [3.05, 3.63) is 43.6 Å². The largest absolute Gasteiger partial charge is 0.384 e. The first-order chi connectivity index (χ1) is 8.54. The van der Waals surface area contributed by atoms with Crippen LogP contribution >= 0.6 is 22.9 Å². The minimum atomic E-state index is -0.335. The summed E-state index contributed by atoms with van der Waals surface area (Å²) < 4.78 is 0. The van der Waals surface area contributed by atoms with E-state index in [0.717, 1.165) is 11.3 Å². The van der Waals surface area contributed by atoms with Gasteiger partial charge < -0.3 is 16.0 Å². The molecule has 0 unspecified atom stereocenters. The molecule has 0 atom stereocenters. The van der Waals surface area contributed by atoms with E-state index in [2.05, 4.69) is 15.3 Å². The van der Waals surface area contributed by atoms with Crippen LogP contribution in [0.25, 0.3) is 0 Å². The summed E-state index contributed by atoms with van der Waals surface area (Å²) in [5.41, 5.74) is 6.46. The van der Waals surface area contributed by atoms with Crippen molar-refractivity contribution >= 4 is 34.7 Å². The molecule has 0 aliphatic rings. The lowest BCUT2D eigenvalue weighted by atomic mass is 10.2. The smallest absolute Gasteiger partial charge is 0.304 e. The number of nitrogens with zero attached hydrogens (tertiary/aromatic N) is 1. The molecule has 1 amide bonds. The van der Waals surface area contributed by atoms with Crippen molar-refractivity contribution in [2.75, 3.05) is 5.73 Å². The highest BCUT2D eigenvalue weighted by molar-refractivity contribution is 7.07. The Morgan fingerprint density at radius 2 is 2.33 bits per heavy atom. The van der Waals surface area contributed by atoms with Gasteiger partial charge >= 0.3 is 4.87 Å². The molecule has 6 nitrogen and oxygen atoms in total. The molecular weight excluding hydrogens is 276 g/mol. The second-order valence-corrected chi connectivity index (χ2v) is 4.69. The van der Waals surface area contributed by atoms with Gasteiger partial charge in [-0.3, -0.25) is 9.59 Å². The van der Waals surface area contributed by atoms with Crippen LogP contribution in [0.5, 0.6) is 0 Å². The van der Waals surface area contributed by atoms with Gasteiger partial charge in [0, 0.05) is 16.6 Å². The van der Waals surface area contributed by atoms with Gasteiger partial charge in [0.25, 0.3) is 5.91 Å². The van der Waals surface area contributed by atoms with Gasteiger partial charge in [-0.2, -0.15) is 0 Å². The number of hydrogen-bond donors (Lipinski definition) is 3. The third kappa shape index (κ3) is 3.08. The van der Waals surface area contributed by atoms with E-state index in [4.69, 9.17) is 17.3 Å². The number of carbonyl (C=O) groups excluding carboxylic acids is 1. The van der Waals surface area contributed by atoms with Crippen molar-refractivity contribution in [3.63, 3.8) is 0 Å². The molecule has 0 spiro atoms. The van der Waals surface area contributed by atoms with Crippen LogP contribution in [0.1, 0.15) is 16.1 Å². The lowest BCUT2D eigenvalue weighted by Gasteiger charge is -2.04. The molecule has 0 fully saturated rings. The van der Waals surface area contributed by atoms with Crippen molar-refractivity contribution in [2.45, 2.75) is 6.54 Å². The Morgan fingerprint density at radius 1 is 1.56 bits per heavy atom. The van der Waals surface area contributed by atoms with Crippen LogP contribution in [0.3, 0.4) is 0 Å². The maximum atomic E-state index is 11.8. The number of amides is 1. The molecule has 18 heavy (non-hydrogen) atoms. The molecule has 2 aromatic heterocycles. The fraction of sp³-hybridized carbons (Fsp3) is 0.100. The number of rotatable bonds is 3. The van der Waals surface area contributed by atoms with E-state index >= 15 is 0 Å². The van der Waals surface area contributed by atoms with E-state index in [1.807, 2.05) is 0 Å². The maximum Gasteiger partial charge on any atom is 0.304 e. The van der Waals surface area contributed by atoms with Gasteiger partial charge in [0.05, 0.1) is 6.54 Å².